The van der Waals surface area contributed by atoms with Gasteiger partial charge in [0, 0.05) is 42.7 Å². The summed E-state index contributed by atoms with van der Waals surface area (Å²) in [5.74, 6) is 0.541. The zero-order chi connectivity index (χ0) is 30.1. The van der Waals surface area contributed by atoms with Crippen LogP contribution in [0.2, 0.25) is 0 Å². The van der Waals surface area contributed by atoms with E-state index in [1.165, 1.54) is 0 Å². The number of carbonyl (C=O) groups is 1. The highest BCUT2D eigenvalue weighted by Gasteiger charge is 2.53. The lowest BCUT2D eigenvalue weighted by atomic mass is 9.81. The number of aliphatic hydroxyl groups is 1. The van der Waals surface area contributed by atoms with E-state index >= 15 is 0 Å². The minimum absolute atomic E-state index is 0.0516. The van der Waals surface area contributed by atoms with Gasteiger partial charge in [-0.15, -0.1) is 0 Å². The summed E-state index contributed by atoms with van der Waals surface area (Å²) in [6.45, 7) is 0.447. The number of amides is 1. The van der Waals surface area contributed by atoms with Gasteiger partial charge in [-0.3, -0.25) is 10.2 Å². The molecule has 1 heterocycles. The number of rotatable bonds is 12. The molecule has 4 aromatic rings. The Balaban J connectivity index is 1.59. The van der Waals surface area contributed by atoms with Gasteiger partial charge in [-0.1, -0.05) is 84.0 Å². The molecule has 3 N–H and O–H groups in total. The van der Waals surface area contributed by atoms with Gasteiger partial charge in [-0.2, -0.15) is 0 Å². The van der Waals surface area contributed by atoms with Crippen molar-refractivity contribution in [2.24, 2.45) is 10.1 Å². The first-order valence-corrected chi connectivity index (χ1v) is 13.9. The molecule has 10 nitrogen and oxygen atoms in total. The first-order chi connectivity index (χ1) is 21.1. The quantitative estimate of drug-likeness (QED) is 0.0642. The number of aliphatic hydroxyl groups excluding tert-OH is 1. The van der Waals surface area contributed by atoms with Crippen LogP contribution in [0.15, 0.2) is 113 Å². The lowest BCUT2D eigenvalue weighted by Crippen LogP contribution is -2.53. The molecule has 0 fully saturated rings. The molecule has 1 aliphatic rings. The van der Waals surface area contributed by atoms with Crippen molar-refractivity contribution < 1.29 is 19.4 Å². The molecule has 0 bridgehead atoms. The van der Waals surface area contributed by atoms with Crippen molar-refractivity contribution in [3.8, 4) is 16.9 Å². The van der Waals surface area contributed by atoms with Crippen molar-refractivity contribution in [2.75, 3.05) is 20.3 Å². The molecule has 0 unspecified atom stereocenters. The van der Waals surface area contributed by atoms with Crippen LogP contribution in [-0.2, 0) is 16.0 Å². The van der Waals surface area contributed by atoms with Crippen LogP contribution in [0.1, 0.15) is 29.2 Å². The van der Waals surface area contributed by atoms with Crippen LogP contribution < -0.4 is 15.6 Å². The molecular weight excluding hydrogens is 544 g/mol. The molecule has 4 aromatic carbocycles. The SMILES string of the molecule is CNNC(=O)[C@@]1(Cc2ccccc2N=[N+]=[N-])N=C(c2ccc(OCCCO)cc2)O[C@H]1c1ccc(-c2ccccc2)cc1. The van der Waals surface area contributed by atoms with Gasteiger partial charge in [0.15, 0.2) is 11.6 Å². The maximum Gasteiger partial charge on any atom is 0.266 e. The lowest BCUT2D eigenvalue weighted by Gasteiger charge is -2.31. The second-order valence-electron chi connectivity index (χ2n) is 9.98. The third kappa shape index (κ3) is 6.52. The van der Waals surface area contributed by atoms with Crippen LogP contribution >= 0.6 is 0 Å². The Morgan fingerprint density at radius 3 is 2.35 bits per heavy atom. The monoisotopic (exact) mass is 576 g/mol. The maximum atomic E-state index is 14.0. The second-order valence-corrected chi connectivity index (χ2v) is 9.98. The molecular formula is C33H32N6O4. The molecule has 0 aliphatic carbocycles. The fourth-order valence-electron chi connectivity index (χ4n) is 5.08. The van der Waals surface area contributed by atoms with E-state index in [4.69, 9.17) is 19.6 Å². The average molecular weight is 577 g/mol. The lowest BCUT2D eigenvalue weighted by molar-refractivity contribution is -0.129. The number of hydrogen-bond acceptors (Lipinski definition) is 7. The Labute approximate surface area is 249 Å². The molecule has 1 aliphatic heterocycles. The number of aliphatic imine (C=N–C) groups is 1. The smallest absolute Gasteiger partial charge is 0.266 e. The highest BCUT2D eigenvalue weighted by atomic mass is 16.5. The Bertz CT molecular complexity index is 1620. The first-order valence-electron chi connectivity index (χ1n) is 13.9. The number of benzene rings is 4. The summed E-state index contributed by atoms with van der Waals surface area (Å²) >= 11 is 0. The highest BCUT2D eigenvalue weighted by Crippen LogP contribution is 2.44. The van der Waals surface area contributed by atoms with Gasteiger partial charge in [-0.25, -0.2) is 10.4 Å². The summed E-state index contributed by atoms with van der Waals surface area (Å²) in [5, 5.41) is 12.9. The van der Waals surface area contributed by atoms with Crippen molar-refractivity contribution in [3.63, 3.8) is 0 Å². The van der Waals surface area contributed by atoms with E-state index in [9.17, 15) is 10.3 Å². The maximum absolute atomic E-state index is 14.0. The van der Waals surface area contributed by atoms with E-state index in [1.54, 1.807) is 31.3 Å². The predicted octanol–water partition coefficient (Wildman–Crippen LogP) is 5.81. The van der Waals surface area contributed by atoms with Gasteiger partial charge in [0.1, 0.15) is 5.75 Å². The molecule has 1 amide bonds. The molecule has 0 saturated heterocycles. The van der Waals surface area contributed by atoms with E-state index in [1.807, 2.05) is 78.9 Å². The zero-order valence-electron chi connectivity index (χ0n) is 23.7. The van der Waals surface area contributed by atoms with Crippen LogP contribution in [0.25, 0.3) is 21.6 Å². The number of nitrogens with one attached hydrogen (secondary N) is 2. The summed E-state index contributed by atoms with van der Waals surface area (Å²) in [5.41, 5.74) is 17.8. The third-order valence-electron chi connectivity index (χ3n) is 7.19. The van der Waals surface area contributed by atoms with Crippen molar-refractivity contribution in [1.29, 1.82) is 0 Å². The highest BCUT2D eigenvalue weighted by molar-refractivity contribution is 6.01. The molecule has 10 heteroatoms. The Morgan fingerprint density at radius 2 is 1.65 bits per heavy atom. The van der Waals surface area contributed by atoms with Gasteiger partial charge < -0.3 is 14.6 Å². The summed E-state index contributed by atoms with van der Waals surface area (Å²) in [4.78, 5) is 21.9. The van der Waals surface area contributed by atoms with Gasteiger partial charge >= 0.3 is 0 Å². The zero-order valence-corrected chi connectivity index (χ0v) is 23.7. The van der Waals surface area contributed by atoms with Crippen molar-refractivity contribution in [1.82, 2.24) is 10.9 Å². The topological polar surface area (TPSA) is 141 Å². The summed E-state index contributed by atoms with van der Waals surface area (Å²) < 4.78 is 12.2. The molecule has 0 radical (unpaired) electrons. The van der Waals surface area contributed by atoms with Crippen LogP contribution in [0, 0.1) is 0 Å². The predicted molar refractivity (Wildman–Crippen MR) is 165 cm³/mol. The molecule has 5 rings (SSSR count). The second kappa shape index (κ2) is 13.7. The minimum atomic E-state index is -1.45. The minimum Gasteiger partial charge on any atom is -0.494 e. The van der Waals surface area contributed by atoms with Crippen molar-refractivity contribution in [3.05, 3.63) is 130 Å². The van der Waals surface area contributed by atoms with Crippen LogP contribution in [0.4, 0.5) is 5.69 Å². The van der Waals surface area contributed by atoms with Crippen molar-refractivity contribution in [2.45, 2.75) is 24.5 Å². The molecule has 218 valence electrons. The normalized spacial score (nSPS) is 17.3. The Morgan fingerprint density at radius 1 is 0.977 bits per heavy atom. The number of hydrazine groups is 1. The third-order valence-corrected chi connectivity index (χ3v) is 7.19. The Kier molecular flexibility index (Phi) is 9.33. The molecule has 0 spiro atoms. The van der Waals surface area contributed by atoms with Crippen LogP contribution in [0.5, 0.6) is 5.75 Å². The standard InChI is InChI=1S/C33H32N6O4/c1-35-38-32(41)33(22-27-10-5-6-11-29(27)37-39-34)30(25-14-12-24(13-15-25)23-8-3-2-4-9-23)43-31(36-33)26-16-18-28(19-17-26)42-21-7-20-40/h2-6,8-19,30,35,40H,7,20-22H2,1H3,(H,38,41)/t30-,33-/m0/s1. The molecule has 43 heavy (non-hydrogen) atoms. The largest absolute Gasteiger partial charge is 0.494 e. The van der Waals surface area contributed by atoms with E-state index in [0.717, 1.165) is 16.7 Å². The van der Waals surface area contributed by atoms with Gasteiger partial charge in [-0.05, 0) is 52.1 Å². The number of nitrogens with zero attached hydrogens (tertiary/aromatic N) is 4. The number of ether oxygens (including phenoxy) is 2. The Hall–Kier alpha value is -5.15. The summed E-state index contributed by atoms with van der Waals surface area (Å²) in [7, 11) is 1.61. The number of carbonyl (C=O) groups excluding carboxylic acids is 1. The van der Waals surface area contributed by atoms with Crippen LogP contribution in [-0.4, -0.2) is 42.7 Å². The number of hydrogen-bond donors (Lipinski definition) is 3. The summed E-state index contributed by atoms with van der Waals surface area (Å²) in [6, 6.07) is 32.3. The average Bonchev–Trinajstić information content (AvgIpc) is 3.44. The number of azide groups is 1. The fraction of sp³-hybridized carbons (Fsp3) is 0.212. The van der Waals surface area contributed by atoms with Gasteiger partial charge in [0.2, 0.25) is 5.90 Å². The van der Waals surface area contributed by atoms with E-state index in [0.29, 0.717) is 41.5 Å². The molecule has 0 aromatic heterocycles. The molecule has 2 atom stereocenters. The van der Waals surface area contributed by atoms with Gasteiger partial charge in [0.05, 0.1) is 6.61 Å². The van der Waals surface area contributed by atoms with E-state index in [2.05, 4.69) is 20.9 Å². The van der Waals surface area contributed by atoms with E-state index < -0.39 is 17.6 Å². The summed E-state index contributed by atoms with van der Waals surface area (Å²) in [6.07, 6.45) is -0.171. The van der Waals surface area contributed by atoms with Gasteiger partial charge in [0.25, 0.3) is 5.91 Å². The van der Waals surface area contributed by atoms with Crippen molar-refractivity contribution >= 4 is 17.5 Å². The first kappa shape index (κ1) is 29.3. The van der Waals surface area contributed by atoms with Crippen LogP contribution in [0.3, 0.4) is 0 Å². The van der Waals surface area contributed by atoms with E-state index in [-0.39, 0.29) is 13.0 Å². The molecule has 0 saturated carbocycles. The fourth-order valence-corrected chi connectivity index (χ4v) is 5.08.